The number of amides is 1. The molecule has 1 heterocycles. The van der Waals surface area contributed by atoms with E-state index >= 15 is 0 Å². The van der Waals surface area contributed by atoms with Crippen molar-refractivity contribution in [2.75, 3.05) is 18.9 Å². The summed E-state index contributed by atoms with van der Waals surface area (Å²) in [6, 6.07) is 17.9. The fourth-order valence-electron chi connectivity index (χ4n) is 3.66. The summed E-state index contributed by atoms with van der Waals surface area (Å²) in [5.41, 5.74) is 1.53. The summed E-state index contributed by atoms with van der Waals surface area (Å²) in [4.78, 5) is 12.7. The molecule has 1 aliphatic heterocycles. The number of carbonyl (C=O) groups is 1. The normalized spacial score (nSPS) is 19.0. The molecule has 6 nitrogen and oxygen atoms in total. The Morgan fingerprint density at radius 1 is 1.13 bits per heavy atom. The molecule has 0 aromatic heterocycles. The predicted octanol–water partition coefficient (Wildman–Crippen LogP) is 3.66. The highest BCUT2D eigenvalue weighted by Gasteiger charge is 2.27. The first-order valence-corrected chi connectivity index (χ1v) is 11.8. The highest BCUT2D eigenvalue weighted by molar-refractivity contribution is 7.91. The molecule has 1 amide bonds. The van der Waals surface area contributed by atoms with Crippen LogP contribution in [0, 0.1) is 17.2 Å². The minimum absolute atomic E-state index is 0.0406. The Morgan fingerprint density at radius 3 is 2.57 bits per heavy atom. The number of nitrogens with one attached hydrogen (secondary N) is 1. The molecule has 158 valence electrons. The quantitative estimate of drug-likeness (QED) is 0.650. The molecule has 0 saturated carbocycles. The molecule has 1 N–H and O–H groups in total. The van der Waals surface area contributed by atoms with E-state index in [9.17, 15) is 13.2 Å². The lowest BCUT2D eigenvalue weighted by atomic mass is 9.89. The van der Waals surface area contributed by atoms with Crippen molar-refractivity contribution in [2.45, 2.75) is 36.7 Å². The molecule has 0 spiro atoms. The van der Waals surface area contributed by atoms with Gasteiger partial charge in [-0.3, -0.25) is 4.79 Å². The van der Waals surface area contributed by atoms with Crippen LogP contribution < -0.4 is 5.32 Å². The molecule has 7 heteroatoms. The van der Waals surface area contributed by atoms with Crippen LogP contribution in [0.4, 0.5) is 0 Å². The van der Waals surface area contributed by atoms with Gasteiger partial charge in [-0.05, 0) is 49.1 Å². The summed E-state index contributed by atoms with van der Waals surface area (Å²) in [5, 5.41) is 11.5. The van der Waals surface area contributed by atoms with Crippen molar-refractivity contribution in [3.05, 3.63) is 65.7 Å². The van der Waals surface area contributed by atoms with Gasteiger partial charge in [0.05, 0.1) is 22.8 Å². The minimum Gasteiger partial charge on any atom is -0.373 e. The standard InChI is InChI=1S/C23H26N2O4S/c24-14-4-5-16-30(27,28)21-12-10-19(11-13-21)23(26)25-17-20-9-6-15-29-22(20)18-7-2-1-3-8-18/h1-3,7-8,10-13,20,22H,4-6,9,15-17H2,(H,25,26). The Balaban J connectivity index is 1.60. The number of benzene rings is 2. The zero-order valence-corrected chi connectivity index (χ0v) is 17.6. The number of unbranched alkanes of at least 4 members (excludes halogenated alkanes) is 1. The first-order chi connectivity index (χ1) is 14.5. The zero-order valence-electron chi connectivity index (χ0n) is 16.8. The number of nitriles is 1. The maximum atomic E-state index is 12.6. The van der Waals surface area contributed by atoms with Crippen LogP contribution in [0.3, 0.4) is 0 Å². The van der Waals surface area contributed by atoms with Crippen LogP contribution in [-0.2, 0) is 14.6 Å². The van der Waals surface area contributed by atoms with Crippen LogP contribution in [0.15, 0.2) is 59.5 Å². The van der Waals surface area contributed by atoms with Gasteiger partial charge in [-0.1, -0.05) is 30.3 Å². The van der Waals surface area contributed by atoms with Gasteiger partial charge in [-0.2, -0.15) is 5.26 Å². The molecule has 1 aliphatic rings. The van der Waals surface area contributed by atoms with Crippen LogP contribution in [-0.4, -0.2) is 33.2 Å². The Hall–Kier alpha value is -2.69. The largest absolute Gasteiger partial charge is 0.373 e. The van der Waals surface area contributed by atoms with Crippen molar-refractivity contribution < 1.29 is 17.9 Å². The van der Waals surface area contributed by atoms with Crippen molar-refractivity contribution in [2.24, 2.45) is 5.92 Å². The summed E-state index contributed by atoms with van der Waals surface area (Å²) in [7, 11) is -3.44. The lowest BCUT2D eigenvalue weighted by Crippen LogP contribution is -2.35. The lowest BCUT2D eigenvalue weighted by Gasteiger charge is -2.32. The summed E-state index contributed by atoms with van der Waals surface area (Å²) >= 11 is 0. The molecule has 2 atom stereocenters. The number of hydrogen-bond acceptors (Lipinski definition) is 5. The van der Waals surface area contributed by atoms with Gasteiger partial charge in [-0.15, -0.1) is 0 Å². The molecule has 0 bridgehead atoms. The smallest absolute Gasteiger partial charge is 0.251 e. The monoisotopic (exact) mass is 426 g/mol. The predicted molar refractivity (Wildman–Crippen MR) is 114 cm³/mol. The fraction of sp³-hybridized carbons (Fsp3) is 0.391. The van der Waals surface area contributed by atoms with E-state index in [4.69, 9.17) is 10.00 Å². The molecule has 3 rings (SSSR count). The van der Waals surface area contributed by atoms with Gasteiger partial charge in [0.1, 0.15) is 0 Å². The van der Waals surface area contributed by atoms with E-state index in [2.05, 4.69) is 5.32 Å². The summed E-state index contributed by atoms with van der Waals surface area (Å²) in [6.07, 6.45) is 2.39. The van der Waals surface area contributed by atoms with E-state index in [-0.39, 0.29) is 35.0 Å². The molecular formula is C23H26N2O4S. The first kappa shape index (κ1) is 22.0. The van der Waals surface area contributed by atoms with Crippen molar-refractivity contribution >= 4 is 15.7 Å². The van der Waals surface area contributed by atoms with Crippen molar-refractivity contribution in [1.29, 1.82) is 5.26 Å². The Labute approximate surface area is 177 Å². The van der Waals surface area contributed by atoms with Crippen LogP contribution in [0.5, 0.6) is 0 Å². The van der Waals surface area contributed by atoms with Gasteiger partial charge >= 0.3 is 0 Å². The maximum absolute atomic E-state index is 12.6. The summed E-state index contributed by atoms with van der Waals surface area (Å²) in [6.45, 7) is 1.21. The second kappa shape index (κ2) is 10.4. The molecule has 0 radical (unpaired) electrons. The first-order valence-electron chi connectivity index (χ1n) is 10.2. The number of rotatable bonds is 8. The average Bonchev–Trinajstić information content (AvgIpc) is 2.78. The van der Waals surface area contributed by atoms with Crippen LogP contribution in [0.25, 0.3) is 0 Å². The van der Waals surface area contributed by atoms with E-state index in [0.717, 1.165) is 18.4 Å². The fourth-order valence-corrected chi connectivity index (χ4v) is 4.97. The lowest BCUT2D eigenvalue weighted by molar-refractivity contribution is -0.0272. The van der Waals surface area contributed by atoms with Crippen LogP contribution in [0.2, 0.25) is 0 Å². The highest BCUT2D eigenvalue weighted by Crippen LogP contribution is 2.33. The van der Waals surface area contributed by atoms with Gasteiger partial charge < -0.3 is 10.1 Å². The van der Waals surface area contributed by atoms with Gasteiger partial charge in [0, 0.05) is 31.1 Å². The molecule has 30 heavy (non-hydrogen) atoms. The third-order valence-corrected chi connectivity index (χ3v) is 7.09. The molecule has 2 aromatic carbocycles. The molecule has 0 aliphatic carbocycles. The van der Waals surface area contributed by atoms with Gasteiger partial charge in [0.15, 0.2) is 9.84 Å². The second-order valence-corrected chi connectivity index (χ2v) is 9.53. The van der Waals surface area contributed by atoms with Crippen molar-refractivity contribution in [3.63, 3.8) is 0 Å². The highest BCUT2D eigenvalue weighted by atomic mass is 32.2. The third kappa shape index (κ3) is 5.68. The number of nitrogens with zero attached hydrogens (tertiary/aromatic N) is 1. The Kier molecular flexibility index (Phi) is 7.61. The van der Waals surface area contributed by atoms with Crippen LogP contribution in [0.1, 0.15) is 47.7 Å². The topological polar surface area (TPSA) is 96.3 Å². The SMILES string of the molecule is N#CCCCS(=O)(=O)c1ccc(C(=O)NCC2CCCOC2c2ccccc2)cc1. The molecular weight excluding hydrogens is 400 g/mol. The maximum Gasteiger partial charge on any atom is 0.251 e. The number of ether oxygens (including phenoxy) is 1. The van der Waals surface area contributed by atoms with Crippen LogP contribution >= 0.6 is 0 Å². The Bertz CT molecular complexity index is 982. The minimum atomic E-state index is -3.44. The zero-order chi connectivity index (χ0) is 21.4. The number of sulfone groups is 1. The van der Waals surface area contributed by atoms with Crippen molar-refractivity contribution in [3.8, 4) is 6.07 Å². The third-order valence-electron chi connectivity index (χ3n) is 5.27. The molecule has 2 aromatic rings. The van der Waals surface area contributed by atoms with Crippen molar-refractivity contribution in [1.82, 2.24) is 5.32 Å². The van der Waals surface area contributed by atoms with E-state index < -0.39 is 9.84 Å². The number of carbonyl (C=O) groups excluding carboxylic acids is 1. The average molecular weight is 427 g/mol. The van der Waals surface area contributed by atoms with Gasteiger partial charge in [0.25, 0.3) is 5.91 Å². The second-order valence-electron chi connectivity index (χ2n) is 7.42. The molecule has 1 fully saturated rings. The summed E-state index contributed by atoms with van der Waals surface area (Å²) < 4.78 is 30.5. The van der Waals surface area contributed by atoms with Gasteiger partial charge in [0.2, 0.25) is 0 Å². The molecule has 1 saturated heterocycles. The van der Waals surface area contributed by atoms with E-state index in [1.54, 1.807) is 0 Å². The molecule has 2 unspecified atom stereocenters. The number of hydrogen-bond donors (Lipinski definition) is 1. The van der Waals surface area contributed by atoms with E-state index in [1.807, 2.05) is 36.4 Å². The Morgan fingerprint density at radius 2 is 1.87 bits per heavy atom. The van der Waals surface area contributed by atoms with E-state index in [1.165, 1.54) is 24.3 Å². The van der Waals surface area contributed by atoms with Gasteiger partial charge in [-0.25, -0.2) is 8.42 Å². The van der Waals surface area contributed by atoms with E-state index in [0.29, 0.717) is 25.1 Å². The summed E-state index contributed by atoms with van der Waals surface area (Å²) in [5.74, 6) is -0.125.